The van der Waals surface area contributed by atoms with Gasteiger partial charge < -0.3 is 9.88 Å². The average molecular weight is 410 g/mol. The van der Waals surface area contributed by atoms with Crippen LogP contribution in [-0.4, -0.2) is 38.6 Å². The van der Waals surface area contributed by atoms with Crippen molar-refractivity contribution >= 4 is 23.7 Å². The summed E-state index contributed by atoms with van der Waals surface area (Å²) < 4.78 is 2.15. The lowest BCUT2D eigenvalue weighted by molar-refractivity contribution is 0.182. The second-order valence-corrected chi connectivity index (χ2v) is 10.2. The van der Waals surface area contributed by atoms with E-state index in [1.54, 1.807) is 0 Å². The fraction of sp³-hybridized carbons (Fsp3) is 0.700. The van der Waals surface area contributed by atoms with Crippen molar-refractivity contribution in [3.8, 4) is 0 Å². The van der Waals surface area contributed by atoms with Gasteiger partial charge in [-0.2, -0.15) is 0 Å². The summed E-state index contributed by atoms with van der Waals surface area (Å²) in [6.07, 6.45) is 9.96. The SMILES string of the molecule is Cl.Cn1ccnc1CN(Cc1ncc(C(C)(C)C)s1)C1CC12CCNCC2. The van der Waals surface area contributed by atoms with Crippen LogP contribution in [0.5, 0.6) is 0 Å². The van der Waals surface area contributed by atoms with Crippen molar-refractivity contribution in [3.05, 3.63) is 34.3 Å². The Bertz CT molecular complexity index is 757. The number of rotatable bonds is 5. The number of aryl methyl sites for hydroxylation is 1. The van der Waals surface area contributed by atoms with Crippen LogP contribution >= 0.6 is 23.7 Å². The highest BCUT2D eigenvalue weighted by molar-refractivity contribution is 7.11. The number of halogens is 1. The molecule has 2 fully saturated rings. The van der Waals surface area contributed by atoms with Gasteiger partial charge in [0.25, 0.3) is 0 Å². The minimum Gasteiger partial charge on any atom is -0.337 e. The van der Waals surface area contributed by atoms with Crippen LogP contribution in [0.2, 0.25) is 0 Å². The summed E-state index contributed by atoms with van der Waals surface area (Å²) in [7, 11) is 2.09. The summed E-state index contributed by atoms with van der Waals surface area (Å²) in [6, 6.07) is 0.670. The van der Waals surface area contributed by atoms with E-state index in [1.807, 2.05) is 23.7 Å². The molecular formula is C20H32ClN5S. The first kappa shape index (κ1) is 20.8. The van der Waals surface area contributed by atoms with Gasteiger partial charge >= 0.3 is 0 Å². The molecule has 0 radical (unpaired) electrons. The van der Waals surface area contributed by atoms with Crippen LogP contribution < -0.4 is 5.32 Å². The highest BCUT2D eigenvalue weighted by Crippen LogP contribution is 2.56. The number of aromatic nitrogens is 3. The quantitative estimate of drug-likeness (QED) is 0.817. The lowest BCUT2D eigenvalue weighted by atomic mass is 9.93. The van der Waals surface area contributed by atoms with Gasteiger partial charge in [0.1, 0.15) is 10.8 Å². The monoisotopic (exact) mass is 409 g/mol. The first-order valence-corrected chi connectivity index (χ1v) is 10.6. The summed E-state index contributed by atoms with van der Waals surface area (Å²) in [5.41, 5.74) is 0.705. The Hall–Kier alpha value is -0.950. The molecule has 1 spiro atoms. The molecule has 1 aliphatic heterocycles. The van der Waals surface area contributed by atoms with Gasteiger partial charge in [0.15, 0.2) is 0 Å². The third-order valence-electron chi connectivity index (χ3n) is 6.08. The number of piperidine rings is 1. The Labute approximate surface area is 173 Å². The molecule has 1 saturated carbocycles. The van der Waals surface area contributed by atoms with Gasteiger partial charge in [0.05, 0.1) is 13.1 Å². The van der Waals surface area contributed by atoms with Crippen LogP contribution in [0.3, 0.4) is 0 Å². The van der Waals surface area contributed by atoms with Crippen molar-refractivity contribution in [2.75, 3.05) is 13.1 Å². The van der Waals surface area contributed by atoms with Crippen LogP contribution in [0, 0.1) is 5.41 Å². The number of imidazole rings is 1. The third-order valence-corrected chi connectivity index (χ3v) is 7.49. The Morgan fingerprint density at radius 1 is 1.26 bits per heavy atom. The van der Waals surface area contributed by atoms with Crippen molar-refractivity contribution < 1.29 is 0 Å². The highest BCUT2D eigenvalue weighted by Gasteiger charge is 2.56. The Morgan fingerprint density at radius 2 is 2.00 bits per heavy atom. The van der Waals surface area contributed by atoms with Crippen LogP contribution in [0.15, 0.2) is 18.6 Å². The number of nitrogens with zero attached hydrogens (tertiary/aromatic N) is 4. The number of thiazole rings is 1. The largest absolute Gasteiger partial charge is 0.337 e. The molecule has 4 rings (SSSR count). The van der Waals surface area contributed by atoms with Gasteiger partial charge in [0, 0.05) is 36.6 Å². The minimum atomic E-state index is 0. The van der Waals surface area contributed by atoms with Crippen molar-refractivity contribution in [3.63, 3.8) is 0 Å². The van der Waals surface area contributed by atoms with E-state index in [-0.39, 0.29) is 17.8 Å². The smallest absolute Gasteiger partial charge is 0.122 e. The summed E-state index contributed by atoms with van der Waals surface area (Å²) in [5.74, 6) is 1.15. The van der Waals surface area contributed by atoms with Crippen LogP contribution in [0.4, 0.5) is 0 Å². The number of hydrogen-bond acceptors (Lipinski definition) is 5. The molecule has 27 heavy (non-hydrogen) atoms. The molecule has 150 valence electrons. The van der Waals surface area contributed by atoms with Gasteiger partial charge in [0.2, 0.25) is 0 Å². The second kappa shape index (κ2) is 7.82. The second-order valence-electron chi connectivity index (χ2n) is 9.06. The zero-order valence-electron chi connectivity index (χ0n) is 16.9. The summed E-state index contributed by atoms with van der Waals surface area (Å²) in [6.45, 7) is 11.0. The van der Waals surface area contributed by atoms with Crippen molar-refractivity contribution in [1.29, 1.82) is 0 Å². The molecule has 7 heteroatoms. The molecule has 0 bridgehead atoms. The highest BCUT2D eigenvalue weighted by atomic mass is 35.5. The third kappa shape index (κ3) is 4.39. The lowest BCUT2D eigenvalue weighted by Gasteiger charge is -2.29. The fourth-order valence-corrected chi connectivity index (χ4v) is 5.22. The van der Waals surface area contributed by atoms with E-state index in [9.17, 15) is 0 Å². The number of hydrogen-bond donors (Lipinski definition) is 1. The topological polar surface area (TPSA) is 46.0 Å². The maximum Gasteiger partial charge on any atom is 0.122 e. The van der Waals surface area contributed by atoms with Crippen LogP contribution in [0.25, 0.3) is 0 Å². The molecule has 1 atom stereocenters. The van der Waals surface area contributed by atoms with Crippen molar-refractivity contribution in [2.24, 2.45) is 12.5 Å². The zero-order valence-corrected chi connectivity index (χ0v) is 18.5. The van der Waals surface area contributed by atoms with E-state index in [2.05, 4.69) is 53.8 Å². The molecular weight excluding hydrogens is 378 g/mol. The Kier molecular flexibility index (Phi) is 6.02. The first-order valence-electron chi connectivity index (χ1n) is 9.74. The standard InChI is InChI=1S/C20H31N5S.ClH/c1-19(2,3)16-12-23-18(26-16)14-25(13-17-22-9-10-24(17)4)15-11-20(15)5-7-21-8-6-20;/h9-10,12,15,21H,5-8,11,13-14H2,1-4H3;1H. The molecule has 2 aromatic heterocycles. The molecule has 1 saturated heterocycles. The lowest BCUT2D eigenvalue weighted by Crippen LogP contribution is -2.36. The molecule has 1 aliphatic carbocycles. The maximum atomic E-state index is 4.76. The predicted molar refractivity (Wildman–Crippen MR) is 113 cm³/mol. The van der Waals surface area contributed by atoms with E-state index < -0.39 is 0 Å². The Morgan fingerprint density at radius 3 is 2.59 bits per heavy atom. The molecule has 1 unspecified atom stereocenters. The molecule has 2 aromatic rings. The maximum absolute atomic E-state index is 4.76. The van der Waals surface area contributed by atoms with Crippen molar-refractivity contribution in [2.45, 2.75) is 64.6 Å². The zero-order chi connectivity index (χ0) is 18.4. The van der Waals surface area contributed by atoms with Gasteiger partial charge in [-0.1, -0.05) is 20.8 Å². The molecule has 0 aromatic carbocycles. The van der Waals surface area contributed by atoms with Gasteiger partial charge in [-0.3, -0.25) is 4.90 Å². The van der Waals surface area contributed by atoms with Gasteiger partial charge in [-0.15, -0.1) is 23.7 Å². The van der Waals surface area contributed by atoms with E-state index >= 15 is 0 Å². The minimum absolute atomic E-state index is 0. The average Bonchev–Trinajstić information content (AvgIpc) is 2.94. The Balaban J connectivity index is 0.00000210. The summed E-state index contributed by atoms with van der Waals surface area (Å²) in [5, 5.41) is 4.76. The van der Waals surface area contributed by atoms with Gasteiger partial charge in [-0.25, -0.2) is 9.97 Å². The first-order chi connectivity index (χ1) is 12.4. The fourth-order valence-electron chi connectivity index (χ4n) is 4.22. The summed E-state index contributed by atoms with van der Waals surface area (Å²) >= 11 is 1.87. The summed E-state index contributed by atoms with van der Waals surface area (Å²) in [4.78, 5) is 13.3. The van der Waals surface area contributed by atoms with E-state index in [0.29, 0.717) is 11.5 Å². The van der Waals surface area contributed by atoms with Crippen LogP contribution in [-0.2, 0) is 25.6 Å². The van der Waals surface area contributed by atoms with Crippen LogP contribution in [0.1, 0.15) is 55.7 Å². The number of nitrogens with one attached hydrogen (secondary N) is 1. The van der Waals surface area contributed by atoms with E-state index in [1.165, 1.54) is 29.1 Å². The molecule has 0 amide bonds. The van der Waals surface area contributed by atoms with E-state index in [4.69, 9.17) is 4.98 Å². The van der Waals surface area contributed by atoms with Crippen molar-refractivity contribution in [1.82, 2.24) is 24.8 Å². The molecule has 3 heterocycles. The predicted octanol–water partition coefficient (Wildman–Crippen LogP) is 3.74. The van der Waals surface area contributed by atoms with Gasteiger partial charge in [-0.05, 0) is 43.2 Å². The molecule has 2 aliphatic rings. The molecule has 5 nitrogen and oxygen atoms in total. The normalized spacial score (nSPS) is 21.4. The van der Waals surface area contributed by atoms with E-state index in [0.717, 1.165) is 32.0 Å². The molecule has 1 N–H and O–H groups in total.